The highest BCUT2D eigenvalue weighted by Gasteiger charge is 2.49. The fourth-order valence-electron chi connectivity index (χ4n) is 4.58. The van der Waals surface area contributed by atoms with E-state index in [1.54, 1.807) is 6.08 Å². The number of carbonyl (C=O) groups excluding carboxylic acids is 1. The van der Waals surface area contributed by atoms with E-state index in [1.807, 2.05) is 0 Å². The molecule has 0 fully saturated rings. The minimum Gasteiger partial charge on any atom is -0.458 e. The predicted molar refractivity (Wildman–Crippen MR) is 142 cm³/mol. The number of benzene rings is 2. The summed E-state index contributed by atoms with van der Waals surface area (Å²) in [4.78, 5) is 11.1. The molecule has 3 nitrogen and oxygen atoms in total. The molecule has 0 amide bonds. The van der Waals surface area contributed by atoms with Crippen molar-refractivity contribution in [3.63, 3.8) is 0 Å². The summed E-state index contributed by atoms with van der Waals surface area (Å²) in [7, 11) is -2.41. The molecule has 33 heavy (non-hydrogen) atoms. The van der Waals surface area contributed by atoms with Crippen molar-refractivity contribution in [2.75, 3.05) is 6.61 Å². The third-order valence-corrected chi connectivity index (χ3v) is 11.2. The molecule has 0 heterocycles. The Kier molecular flexibility index (Phi) is 11.1. The Labute approximate surface area is 202 Å². The maximum absolute atomic E-state index is 11.1. The highest BCUT2D eigenvalue weighted by Crippen LogP contribution is 2.36. The standard InChI is InChI=1S/C29H42O3Si/c1-6-26(32-25(2)30)19-13-9-7-8-10-18-24-31-33(29(3,4)5,27-20-14-11-15-21-27)28-22-16-12-17-23-28/h6,11-12,14-17,20-23,26H,1,7-10,13,18-19,24H2,2-5H3/t26-/m0/s1. The summed E-state index contributed by atoms with van der Waals surface area (Å²) in [6.07, 6.45) is 9.30. The fourth-order valence-corrected chi connectivity index (χ4v) is 9.19. The van der Waals surface area contributed by atoms with Crippen molar-refractivity contribution in [2.24, 2.45) is 0 Å². The zero-order valence-corrected chi connectivity index (χ0v) is 22.0. The maximum Gasteiger partial charge on any atom is 0.303 e. The van der Waals surface area contributed by atoms with Gasteiger partial charge in [0.05, 0.1) is 0 Å². The summed E-state index contributed by atoms with van der Waals surface area (Å²) in [5.74, 6) is -0.235. The second-order valence-electron chi connectivity index (χ2n) is 9.81. The van der Waals surface area contributed by atoms with E-state index in [9.17, 15) is 4.79 Å². The molecule has 2 rings (SSSR count). The molecule has 0 aliphatic carbocycles. The summed E-state index contributed by atoms with van der Waals surface area (Å²) in [6, 6.07) is 21.7. The average molecular weight is 467 g/mol. The number of carbonyl (C=O) groups is 1. The van der Waals surface area contributed by atoms with Crippen LogP contribution in [0.5, 0.6) is 0 Å². The van der Waals surface area contributed by atoms with Crippen LogP contribution in [0.15, 0.2) is 73.3 Å². The highest BCUT2D eigenvalue weighted by atomic mass is 28.4. The van der Waals surface area contributed by atoms with E-state index in [4.69, 9.17) is 9.16 Å². The van der Waals surface area contributed by atoms with Gasteiger partial charge in [0, 0.05) is 13.5 Å². The van der Waals surface area contributed by atoms with E-state index < -0.39 is 8.32 Å². The van der Waals surface area contributed by atoms with Crippen LogP contribution in [0.1, 0.15) is 72.6 Å². The van der Waals surface area contributed by atoms with Crippen LogP contribution in [-0.2, 0) is 14.0 Å². The summed E-state index contributed by atoms with van der Waals surface area (Å²) in [5.41, 5.74) is 0. The first-order chi connectivity index (χ1) is 15.8. The predicted octanol–water partition coefficient (Wildman–Crippen LogP) is 6.41. The second-order valence-corrected chi connectivity index (χ2v) is 14.1. The second kappa shape index (κ2) is 13.5. The molecular weight excluding hydrogens is 424 g/mol. The quantitative estimate of drug-likeness (QED) is 0.140. The largest absolute Gasteiger partial charge is 0.458 e. The minimum absolute atomic E-state index is 0.0271. The lowest BCUT2D eigenvalue weighted by molar-refractivity contribution is -0.144. The smallest absolute Gasteiger partial charge is 0.303 e. The lowest BCUT2D eigenvalue weighted by Crippen LogP contribution is -2.66. The Bertz CT molecular complexity index is 787. The van der Waals surface area contributed by atoms with E-state index in [0.717, 1.165) is 32.3 Å². The Balaban J connectivity index is 1.88. The van der Waals surface area contributed by atoms with Crippen LogP contribution in [0.2, 0.25) is 5.04 Å². The molecule has 0 unspecified atom stereocenters. The molecule has 0 spiro atoms. The van der Waals surface area contributed by atoms with Crippen molar-refractivity contribution in [3.05, 3.63) is 73.3 Å². The highest BCUT2D eigenvalue weighted by molar-refractivity contribution is 6.99. The molecule has 0 radical (unpaired) electrons. The molecule has 0 aliphatic heterocycles. The molecule has 4 heteroatoms. The summed E-state index contributed by atoms with van der Waals surface area (Å²) in [6.45, 7) is 13.0. The molecule has 0 saturated carbocycles. The van der Waals surface area contributed by atoms with Gasteiger partial charge in [-0.25, -0.2) is 0 Å². The van der Waals surface area contributed by atoms with Crippen molar-refractivity contribution in [3.8, 4) is 0 Å². The van der Waals surface area contributed by atoms with E-state index in [1.165, 1.54) is 36.6 Å². The molecule has 0 saturated heterocycles. The van der Waals surface area contributed by atoms with Crippen molar-refractivity contribution in [1.29, 1.82) is 0 Å². The van der Waals surface area contributed by atoms with Crippen LogP contribution in [0.3, 0.4) is 0 Å². The first kappa shape index (κ1) is 27.1. The normalized spacial score (nSPS) is 12.8. The van der Waals surface area contributed by atoms with Crippen LogP contribution in [0.4, 0.5) is 0 Å². The first-order valence-corrected chi connectivity index (χ1v) is 14.3. The van der Waals surface area contributed by atoms with Crippen LogP contribution in [0, 0.1) is 0 Å². The van der Waals surface area contributed by atoms with Gasteiger partial charge >= 0.3 is 5.97 Å². The first-order valence-electron chi connectivity index (χ1n) is 12.4. The number of esters is 1. The molecular formula is C29H42O3Si. The lowest BCUT2D eigenvalue weighted by Gasteiger charge is -2.43. The van der Waals surface area contributed by atoms with E-state index in [-0.39, 0.29) is 17.1 Å². The number of hydrogen-bond donors (Lipinski definition) is 0. The Morgan fingerprint density at radius 1 is 0.879 bits per heavy atom. The third kappa shape index (κ3) is 7.97. The Hall–Kier alpha value is -2.17. The number of unbranched alkanes of at least 4 members (excludes halogenated alkanes) is 5. The molecule has 2 aromatic carbocycles. The number of ether oxygens (including phenoxy) is 1. The topological polar surface area (TPSA) is 35.5 Å². The van der Waals surface area contributed by atoms with Gasteiger partial charge < -0.3 is 9.16 Å². The number of hydrogen-bond acceptors (Lipinski definition) is 3. The van der Waals surface area contributed by atoms with Crippen molar-refractivity contribution in [2.45, 2.75) is 83.8 Å². The molecule has 2 aromatic rings. The van der Waals surface area contributed by atoms with Crippen LogP contribution < -0.4 is 10.4 Å². The Morgan fingerprint density at radius 3 is 1.82 bits per heavy atom. The molecule has 180 valence electrons. The van der Waals surface area contributed by atoms with Crippen molar-refractivity contribution < 1.29 is 14.0 Å². The average Bonchev–Trinajstić information content (AvgIpc) is 2.79. The van der Waals surface area contributed by atoms with Crippen LogP contribution in [-0.4, -0.2) is 27.0 Å². The molecule has 1 atom stereocenters. The third-order valence-electron chi connectivity index (χ3n) is 6.20. The van der Waals surface area contributed by atoms with Crippen molar-refractivity contribution >= 4 is 24.7 Å². The van der Waals surface area contributed by atoms with Gasteiger partial charge in [-0.3, -0.25) is 4.79 Å². The summed E-state index contributed by atoms with van der Waals surface area (Å²) in [5, 5.41) is 2.71. The summed E-state index contributed by atoms with van der Waals surface area (Å²) < 4.78 is 12.2. The maximum atomic E-state index is 11.1. The van der Waals surface area contributed by atoms with Gasteiger partial charge in [-0.05, 0) is 34.7 Å². The van der Waals surface area contributed by atoms with Gasteiger partial charge in [-0.1, -0.05) is 120 Å². The summed E-state index contributed by atoms with van der Waals surface area (Å²) >= 11 is 0. The molecule has 0 N–H and O–H groups in total. The lowest BCUT2D eigenvalue weighted by atomic mass is 10.1. The van der Waals surface area contributed by atoms with E-state index in [2.05, 4.69) is 88.0 Å². The van der Waals surface area contributed by atoms with E-state index >= 15 is 0 Å². The molecule has 0 aliphatic rings. The van der Waals surface area contributed by atoms with Crippen molar-refractivity contribution in [1.82, 2.24) is 0 Å². The number of rotatable bonds is 14. The van der Waals surface area contributed by atoms with Crippen LogP contribution in [0.25, 0.3) is 0 Å². The van der Waals surface area contributed by atoms with Gasteiger partial charge in [0.2, 0.25) is 0 Å². The molecule has 0 aromatic heterocycles. The SMILES string of the molecule is C=C[C@@H](CCCCCCCCO[Si](c1ccccc1)(c1ccccc1)C(C)(C)C)OC(C)=O. The zero-order valence-electron chi connectivity index (χ0n) is 21.0. The van der Waals surface area contributed by atoms with Gasteiger partial charge in [-0.2, -0.15) is 0 Å². The van der Waals surface area contributed by atoms with Gasteiger partial charge in [0.25, 0.3) is 8.32 Å². The minimum atomic E-state index is -2.41. The van der Waals surface area contributed by atoms with E-state index in [0.29, 0.717) is 0 Å². The van der Waals surface area contributed by atoms with Crippen LogP contribution >= 0.6 is 0 Å². The molecule has 0 bridgehead atoms. The monoisotopic (exact) mass is 466 g/mol. The fraction of sp³-hybridized carbons (Fsp3) is 0.483. The van der Waals surface area contributed by atoms with Gasteiger partial charge in [-0.15, -0.1) is 0 Å². The Morgan fingerprint density at radius 2 is 1.36 bits per heavy atom. The van der Waals surface area contributed by atoms with Gasteiger partial charge in [0.1, 0.15) is 6.10 Å². The van der Waals surface area contributed by atoms with Gasteiger partial charge in [0.15, 0.2) is 0 Å². The zero-order chi connectivity index (χ0) is 24.2.